The molecule has 0 fully saturated rings. The van der Waals surface area contributed by atoms with Crippen molar-refractivity contribution in [2.75, 3.05) is 7.11 Å². The molecule has 0 N–H and O–H groups in total. The van der Waals surface area contributed by atoms with Crippen molar-refractivity contribution in [2.45, 2.75) is 26.3 Å². The number of aromatic nitrogens is 4. The highest BCUT2D eigenvalue weighted by molar-refractivity contribution is 5.98. The van der Waals surface area contributed by atoms with Crippen molar-refractivity contribution in [2.24, 2.45) is 0 Å². The van der Waals surface area contributed by atoms with Crippen molar-refractivity contribution >= 4 is 22.3 Å². The molecular weight excluding hydrogens is 356 g/mol. The molecule has 7 heteroatoms. The summed E-state index contributed by atoms with van der Waals surface area (Å²) in [5.41, 5.74) is 1.29. The van der Waals surface area contributed by atoms with Crippen LogP contribution in [0.1, 0.15) is 29.5 Å². The maximum absolute atomic E-state index is 13.1. The number of carbonyl (C=O) groups excluding carboxylic acids is 1. The van der Waals surface area contributed by atoms with Gasteiger partial charge in [0.25, 0.3) is 0 Å². The number of benzene rings is 2. The van der Waals surface area contributed by atoms with Gasteiger partial charge in [0.05, 0.1) is 19.2 Å². The highest BCUT2D eigenvalue weighted by atomic mass is 16.5. The zero-order valence-electron chi connectivity index (χ0n) is 15.8. The average Bonchev–Trinajstić information content (AvgIpc) is 3.15. The third-order valence-corrected chi connectivity index (χ3v) is 4.67. The molecule has 7 nitrogen and oxygen atoms in total. The second kappa shape index (κ2) is 7.26. The summed E-state index contributed by atoms with van der Waals surface area (Å²) < 4.78 is 7.94. The number of nitrogens with zero attached hydrogens (tertiary/aromatic N) is 4. The van der Waals surface area contributed by atoms with Gasteiger partial charge < -0.3 is 4.74 Å². The number of rotatable bonds is 6. The van der Waals surface area contributed by atoms with Crippen molar-refractivity contribution in [3.63, 3.8) is 0 Å². The summed E-state index contributed by atoms with van der Waals surface area (Å²) in [6, 6.07) is 14.3. The molecule has 2 aromatic heterocycles. The van der Waals surface area contributed by atoms with E-state index in [1.54, 1.807) is 31.4 Å². The number of fused-ring (bicyclic) bond motifs is 3. The molecule has 2 aromatic carbocycles. The minimum Gasteiger partial charge on any atom is -0.497 e. The summed E-state index contributed by atoms with van der Waals surface area (Å²) in [5, 5.41) is 5.15. The molecule has 4 rings (SSSR count). The molecule has 0 radical (unpaired) electrons. The highest BCUT2D eigenvalue weighted by Crippen LogP contribution is 2.19. The first-order chi connectivity index (χ1) is 13.6. The maximum Gasteiger partial charge on any atom is 0.351 e. The lowest BCUT2D eigenvalue weighted by Gasteiger charge is -2.11. The number of ketones is 1. The van der Waals surface area contributed by atoms with Gasteiger partial charge in [0.15, 0.2) is 17.3 Å². The summed E-state index contributed by atoms with van der Waals surface area (Å²) in [5.74, 6) is 1.04. The van der Waals surface area contributed by atoms with E-state index in [-0.39, 0.29) is 18.0 Å². The monoisotopic (exact) mass is 376 g/mol. The van der Waals surface area contributed by atoms with Crippen LogP contribution in [0.5, 0.6) is 5.75 Å². The molecule has 0 bridgehead atoms. The van der Waals surface area contributed by atoms with E-state index in [2.05, 4.69) is 10.1 Å². The van der Waals surface area contributed by atoms with Gasteiger partial charge in [-0.05, 0) is 30.7 Å². The van der Waals surface area contributed by atoms with E-state index in [9.17, 15) is 9.59 Å². The van der Waals surface area contributed by atoms with Crippen molar-refractivity contribution in [1.29, 1.82) is 0 Å². The normalized spacial score (nSPS) is 11.2. The lowest BCUT2D eigenvalue weighted by atomic mass is 10.1. The number of Topliss-reactive ketones (excluding diaryl/α,β-unsaturated/α-hetero) is 1. The van der Waals surface area contributed by atoms with E-state index in [1.165, 1.54) is 9.08 Å². The summed E-state index contributed by atoms with van der Waals surface area (Å²) in [6.07, 6.45) is 1.58. The zero-order chi connectivity index (χ0) is 19.7. The molecule has 0 aliphatic rings. The van der Waals surface area contributed by atoms with Gasteiger partial charge in [-0.1, -0.05) is 31.2 Å². The van der Waals surface area contributed by atoms with Crippen LogP contribution in [0.25, 0.3) is 16.6 Å². The second-order valence-electron chi connectivity index (χ2n) is 6.55. The predicted octanol–water partition coefficient (Wildman–Crippen LogP) is 2.89. The topological polar surface area (TPSA) is 78.5 Å². The number of para-hydroxylation sites is 1. The number of ether oxygens (including phenoxy) is 1. The largest absolute Gasteiger partial charge is 0.497 e. The summed E-state index contributed by atoms with van der Waals surface area (Å²) in [7, 11) is 1.55. The first-order valence-corrected chi connectivity index (χ1v) is 9.17. The first-order valence-electron chi connectivity index (χ1n) is 9.17. The van der Waals surface area contributed by atoms with Crippen molar-refractivity contribution in [1.82, 2.24) is 19.2 Å². The van der Waals surface area contributed by atoms with E-state index in [0.717, 1.165) is 11.8 Å². The molecule has 0 aliphatic carbocycles. The second-order valence-corrected chi connectivity index (χ2v) is 6.55. The van der Waals surface area contributed by atoms with Gasteiger partial charge in [-0.15, -0.1) is 5.10 Å². The van der Waals surface area contributed by atoms with Crippen LogP contribution in [-0.2, 0) is 13.0 Å². The van der Waals surface area contributed by atoms with Crippen LogP contribution in [0.4, 0.5) is 0 Å². The van der Waals surface area contributed by atoms with Crippen molar-refractivity contribution < 1.29 is 9.53 Å². The van der Waals surface area contributed by atoms with Crippen molar-refractivity contribution in [3.8, 4) is 5.75 Å². The van der Waals surface area contributed by atoms with Gasteiger partial charge in [0.2, 0.25) is 0 Å². The lowest BCUT2D eigenvalue weighted by Crippen LogP contribution is -2.30. The summed E-state index contributed by atoms with van der Waals surface area (Å²) in [6.45, 7) is 1.94. The van der Waals surface area contributed by atoms with Crippen molar-refractivity contribution in [3.05, 3.63) is 70.4 Å². The van der Waals surface area contributed by atoms with Gasteiger partial charge in [0, 0.05) is 17.4 Å². The molecule has 0 atom stereocenters. The molecule has 0 unspecified atom stereocenters. The molecule has 0 amide bonds. The fourth-order valence-electron chi connectivity index (χ4n) is 3.29. The Morgan fingerprint density at radius 3 is 2.75 bits per heavy atom. The Morgan fingerprint density at radius 2 is 1.96 bits per heavy atom. The highest BCUT2D eigenvalue weighted by Gasteiger charge is 2.17. The summed E-state index contributed by atoms with van der Waals surface area (Å²) in [4.78, 5) is 30.5. The van der Waals surface area contributed by atoms with Crippen LogP contribution in [0.3, 0.4) is 0 Å². The first kappa shape index (κ1) is 17.9. The van der Waals surface area contributed by atoms with Crippen LogP contribution < -0.4 is 10.4 Å². The van der Waals surface area contributed by atoms with Gasteiger partial charge in [-0.25, -0.2) is 9.78 Å². The fourth-order valence-corrected chi connectivity index (χ4v) is 3.29. The smallest absolute Gasteiger partial charge is 0.351 e. The summed E-state index contributed by atoms with van der Waals surface area (Å²) >= 11 is 0. The molecule has 142 valence electrons. The molecule has 4 aromatic rings. The van der Waals surface area contributed by atoms with E-state index in [4.69, 9.17) is 4.74 Å². The van der Waals surface area contributed by atoms with Crippen LogP contribution >= 0.6 is 0 Å². The van der Waals surface area contributed by atoms with E-state index < -0.39 is 0 Å². The molecule has 2 heterocycles. The van der Waals surface area contributed by atoms with Crippen LogP contribution in [-0.4, -0.2) is 32.1 Å². The van der Waals surface area contributed by atoms with Gasteiger partial charge in [0.1, 0.15) is 5.75 Å². The number of hydrogen-bond acceptors (Lipinski definition) is 5. The SMILES string of the molecule is CCCc1nc2c3ccccc3n(CC(=O)c3cccc(OC)c3)c(=O)n2n1. The van der Waals surface area contributed by atoms with Crippen LogP contribution in [0.15, 0.2) is 53.3 Å². The standard InChI is InChI=1S/C21H20N4O3/c1-3-7-19-22-20-16-10-4-5-11-17(16)24(21(27)25(20)23-19)13-18(26)14-8-6-9-15(12-14)28-2/h4-6,8-12H,3,7,13H2,1-2H3. The Bertz CT molecular complexity index is 1240. The minimum absolute atomic E-state index is 0.0918. The molecule has 0 saturated heterocycles. The van der Waals surface area contributed by atoms with Crippen LogP contribution in [0, 0.1) is 0 Å². The average molecular weight is 376 g/mol. The number of aryl methyl sites for hydroxylation is 1. The minimum atomic E-state index is -0.375. The molecular formula is C21H20N4O3. The van der Waals surface area contributed by atoms with E-state index in [1.807, 2.05) is 31.2 Å². The zero-order valence-corrected chi connectivity index (χ0v) is 15.8. The third kappa shape index (κ3) is 3.05. The van der Waals surface area contributed by atoms with Gasteiger partial charge >= 0.3 is 5.69 Å². The predicted molar refractivity (Wildman–Crippen MR) is 106 cm³/mol. The third-order valence-electron chi connectivity index (χ3n) is 4.67. The molecule has 0 saturated carbocycles. The molecule has 0 spiro atoms. The van der Waals surface area contributed by atoms with E-state index >= 15 is 0 Å². The Kier molecular flexibility index (Phi) is 4.65. The Hall–Kier alpha value is -3.48. The fraction of sp³-hybridized carbons (Fsp3) is 0.238. The van der Waals surface area contributed by atoms with E-state index in [0.29, 0.717) is 34.7 Å². The Balaban J connectivity index is 1.86. The lowest BCUT2D eigenvalue weighted by molar-refractivity contribution is 0.0971. The number of methoxy groups -OCH3 is 1. The maximum atomic E-state index is 13.1. The Labute approximate surface area is 161 Å². The number of hydrogen-bond donors (Lipinski definition) is 0. The molecule has 0 aliphatic heterocycles. The molecule has 28 heavy (non-hydrogen) atoms. The van der Waals surface area contributed by atoms with Crippen LogP contribution in [0.2, 0.25) is 0 Å². The number of carbonyl (C=O) groups is 1. The Morgan fingerprint density at radius 1 is 1.14 bits per heavy atom. The quantitative estimate of drug-likeness (QED) is 0.484. The van der Waals surface area contributed by atoms with Gasteiger partial charge in [-0.3, -0.25) is 9.36 Å². The van der Waals surface area contributed by atoms with Gasteiger partial charge in [-0.2, -0.15) is 4.52 Å².